The van der Waals surface area contributed by atoms with Gasteiger partial charge in [0.2, 0.25) is 0 Å². The molecular formula is C67H98O6. The van der Waals surface area contributed by atoms with E-state index < -0.39 is 18.0 Å². The minimum Gasteiger partial charge on any atom is -0.462 e. The molecule has 0 aliphatic heterocycles. The van der Waals surface area contributed by atoms with Gasteiger partial charge in [-0.3, -0.25) is 14.4 Å². The fourth-order valence-electron chi connectivity index (χ4n) is 6.48. The Bertz CT molecular complexity index is 1810. The minimum absolute atomic E-state index is 0.165. The lowest BCUT2D eigenvalue weighted by Gasteiger charge is -2.18. The third-order valence-corrected chi connectivity index (χ3v) is 10.6. The Morgan fingerprint density at radius 3 is 0.863 bits per heavy atom. The van der Waals surface area contributed by atoms with Crippen LogP contribution in [0.5, 0.6) is 0 Å². The fraction of sp³-hybridized carbons (Fsp3) is 0.478. The van der Waals surface area contributed by atoms with Crippen molar-refractivity contribution in [3.05, 3.63) is 194 Å². The van der Waals surface area contributed by atoms with Crippen molar-refractivity contribution < 1.29 is 28.6 Å². The van der Waals surface area contributed by atoms with Crippen molar-refractivity contribution >= 4 is 17.9 Å². The summed E-state index contributed by atoms with van der Waals surface area (Å²) in [6, 6.07) is 0. The van der Waals surface area contributed by atoms with E-state index in [1.54, 1.807) is 0 Å². The van der Waals surface area contributed by atoms with Gasteiger partial charge in [0.15, 0.2) is 6.10 Å². The normalized spacial score (nSPS) is 13.6. The van der Waals surface area contributed by atoms with Gasteiger partial charge in [-0.05, 0) is 135 Å². The number of rotatable bonds is 47. The van der Waals surface area contributed by atoms with Gasteiger partial charge >= 0.3 is 17.9 Å². The molecule has 0 bridgehead atoms. The highest BCUT2D eigenvalue weighted by Gasteiger charge is 2.19. The summed E-state index contributed by atoms with van der Waals surface area (Å²) >= 11 is 0. The van der Waals surface area contributed by atoms with E-state index >= 15 is 0 Å². The zero-order chi connectivity index (χ0) is 52.9. The molecule has 0 saturated carbocycles. The van der Waals surface area contributed by atoms with Gasteiger partial charge in [-0.15, -0.1) is 0 Å². The summed E-state index contributed by atoms with van der Waals surface area (Å²) in [7, 11) is 0. The molecule has 73 heavy (non-hydrogen) atoms. The second-order valence-corrected chi connectivity index (χ2v) is 17.4. The molecule has 0 heterocycles. The Morgan fingerprint density at radius 1 is 0.288 bits per heavy atom. The summed E-state index contributed by atoms with van der Waals surface area (Å²) in [5.41, 5.74) is 0. The molecule has 0 fully saturated rings. The number of esters is 3. The van der Waals surface area contributed by atoms with Gasteiger partial charge in [-0.2, -0.15) is 0 Å². The predicted molar refractivity (Wildman–Crippen MR) is 315 cm³/mol. The number of allylic oxidation sites excluding steroid dienone is 32. The molecule has 0 aromatic heterocycles. The Labute approximate surface area is 446 Å². The molecule has 6 nitrogen and oxygen atoms in total. The molecule has 0 aromatic rings. The minimum atomic E-state index is -0.884. The summed E-state index contributed by atoms with van der Waals surface area (Å²) in [6.45, 7) is 6.17. The number of unbranched alkanes of at least 4 members (excludes halogenated alkanes) is 4. The Hall–Kier alpha value is -5.75. The maximum atomic E-state index is 12.8. The molecule has 402 valence electrons. The van der Waals surface area contributed by atoms with E-state index in [4.69, 9.17) is 14.2 Å². The van der Waals surface area contributed by atoms with Crippen LogP contribution in [0.4, 0.5) is 0 Å². The van der Waals surface area contributed by atoms with Crippen molar-refractivity contribution in [1.82, 2.24) is 0 Å². The average Bonchev–Trinajstić information content (AvgIpc) is 3.39. The first-order valence-corrected chi connectivity index (χ1v) is 27.9. The quantitative estimate of drug-likeness (QED) is 0.0262. The lowest BCUT2D eigenvalue weighted by Crippen LogP contribution is -2.30. The summed E-state index contributed by atoms with van der Waals surface area (Å²) in [6.07, 6.45) is 90.2. The van der Waals surface area contributed by atoms with Gasteiger partial charge in [-0.1, -0.05) is 228 Å². The van der Waals surface area contributed by atoms with Gasteiger partial charge in [0.05, 0.1) is 0 Å². The van der Waals surface area contributed by atoms with Crippen molar-refractivity contribution in [1.29, 1.82) is 0 Å². The first-order valence-electron chi connectivity index (χ1n) is 27.9. The van der Waals surface area contributed by atoms with Gasteiger partial charge in [0.25, 0.3) is 0 Å². The van der Waals surface area contributed by atoms with Crippen LogP contribution in [0, 0.1) is 0 Å². The first-order chi connectivity index (χ1) is 36.0. The van der Waals surface area contributed by atoms with Crippen LogP contribution >= 0.6 is 0 Å². The van der Waals surface area contributed by atoms with E-state index in [0.29, 0.717) is 19.3 Å². The molecule has 0 aromatic carbocycles. The molecule has 0 unspecified atom stereocenters. The van der Waals surface area contributed by atoms with Crippen molar-refractivity contribution in [2.24, 2.45) is 0 Å². The third-order valence-electron chi connectivity index (χ3n) is 10.6. The molecular weight excluding hydrogens is 901 g/mol. The van der Waals surface area contributed by atoms with Gasteiger partial charge in [-0.25, -0.2) is 0 Å². The van der Waals surface area contributed by atoms with Crippen molar-refractivity contribution in [2.45, 2.75) is 194 Å². The summed E-state index contributed by atoms with van der Waals surface area (Å²) in [5, 5.41) is 0. The number of hydrogen-bond donors (Lipinski definition) is 0. The molecule has 0 N–H and O–H groups in total. The first kappa shape index (κ1) is 67.2. The van der Waals surface area contributed by atoms with E-state index in [1.807, 2.05) is 24.3 Å². The maximum Gasteiger partial charge on any atom is 0.306 e. The second kappa shape index (κ2) is 58.8. The predicted octanol–water partition coefficient (Wildman–Crippen LogP) is 19.1. The third kappa shape index (κ3) is 57.0. The van der Waals surface area contributed by atoms with Crippen LogP contribution in [-0.2, 0) is 28.6 Å². The molecule has 0 rings (SSSR count). The zero-order valence-electron chi connectivity index (χ0n) is 45.8. The van der Waals surface area contributed by atoms with Crippen LogP contribution in [0.2, 0.25) is 0 Å². The van der Waals surface area contributed by atoms with E-state index in [2.05, 4.69) is 191 Å². The van der Waals surface area contributed by atoms with E-state index in [-0.39, 0.29) is 38.4 Å². The SMILES string of the molecule is CC/C=C\C/C=C\C/C=C\C/C=C\C/C=C\C/C=C\CCC(=O)OC[C@@H](COC(=O)CCC/C=C\C/C=C\C/C=C\C/C=C\CCCCC)OC(=O)CC/C=C\C/C=C\C/C=C\C/C=C\C/C=C\C/C=C\CC. The van der Waals surface area contributed by atoms with Crippen LogP contribution in [0.1, 0.15) is 188 Å². The van der Waals surface area contributed by atoms with Gasteiger partial charge in [0, 0.05) is 19.3 Å². The Morgan fingerprint density at radius 2 is 0.548 bits per heavy atom. The van der Waals surface area contributed by atoms with E-state index in [9.17, 15) is 14.4 Å². The smallest absolute Gasteiger partial charge is 0.306 e. The summed E-state index contributed by atoms with van der Waals surface area (Å²) in [4.78, 5) is 38.1. The van der Waals surface area contributed by atoms with Crippen molar-refractivity contribution in [3.63, 3.8) is 0 Å². The van der Waals surface area contributed by atoms with Gasteiger partial charge in [0.1, 0.15) is 13.2 Å². The molecule has 0 aliphatic rings. The highest BCUT2D eigenvalue weighted by molar-refractivity contribution is 5.71. The molecule has 0 aliphatic carbocycles. The van der Waals surface area contributed by atoms with Crippen LogP contribution in [0.15, 0.2) is 194 Å². The molecule has 1 atom stereocenters. The van der Waals surface area contributed by atoms with E-state index in [1.165, 1.54) is 25.7 Å². The summed E-state index contributed by atoms with van der Waals surface area (Å²) < 4.78 is 16.6. The average molecular weight is 1000 g/mol. The molecule has 0 amide bonds. The largest absolute Gasteiger partial charge is 0.462 e. The maximum absolute atomic E-state index is 12.8. The van der Waals surface area contributed by atoms with Crippen molar-refractivity contribution in [2.75, 3.05) is 13.2 Å². The number of carbonyl (C=O) groups is 3. The van der Waals surface area contributed by atoms with Crippen molar-refractivity contribution in [3.8, 4) is 0 Å². The molecule has 6 heteroatoms. The highest BCUT2D eigenvalue weighted by atomic mass is 16.6. The second-order valence-electron chi connectivity index (χ2n) is 17.4. The molecule has 0 spiro atoms. The number of hydrogen-bond acceptors (Lipinski definition) is 6. The Kier molecular flexibility index (Phi) is 54.2. The number of carbonyl (C=O) groups excluding carboxylic acids is 3. The zero-order valence-corrected chi connectivity index (χ0v) is 45.8. The molecule has 0 radical (unpaired) electrons. The lowest BCUT2D eigenvalue weighted by molar-refractivity contribution is -0.166. The van der Waals surface area contributed by atoms with Crippen LogP contribution in [0.3, 0.4) is 0 Å². The lowest BCUT2D eigenvalue weighted by atomic mass is 10.2. The van der Waals surface area contributed by atoms with Crippen LogP contribution in [-0.4, -0.2) is 37.2 Å². The summed E-state index contributed by atoms with van der Waals surface area (Å²) in [5.74, 6) is -1.21. The standard InChI is InChI=1S/C67H98O6/c1-4-7-10-13-16-19-22-25-28-31-33-36-39-42-45-48-51-54-57-60-66(69)72-63-64(62-71-65(68)59-56-53-50-47-44-41-38-35-30-27-24-21-18-15-12-9-6-3)73-67(70)61-58-55-52-49-46-43-40-37-34-32-29-26-23-20-17-14-11-8-5-2/h7-8,10-11,16-21,25-30,33-34,36-38,41-43,45-47,50-52,54-55,64H,4-6,9,12-15,22-24,31-32,35,39-40,44,48-49,53,56-63H2,1-3H3/b10-7-,11-8-,19-16-,20-17-,21-18-,28-25-,29-26-,30-27-,36-33-,37-34-,41-38-,45-42-,46-43-,50-47-,54-51-,55-52-/t64-/m1/s1. The van der Waals surface area contributed by atoms with Crippen LogP contribution in [0.25, 0.3) is 0 Å². The fourth-order valence-corrected chi connectivity index (χ4v) is 6.48. The Balaban J connectivity index is 4.75. The topological polar surface area (TPSA) is 78.9 Å². The molecule has 0 saturated heterocycles. The van der Waals surface area contributed by atoms with Crippen LogP contribution < -0.4 is 0 Å². The highest BCUT2D eigenvalue weighted by Crippen LogP contribution is 2.08. The van der Waals surface area contributed by atoms with Gasteiger partial charge < -0.3 is 14.2 Å². The van der Waals surface area contributed by atoms with E-state index in [0.717, 1.165) is 103 Å². The number of ether oxygens (including phenoxy) is 3. The monoisotopic (exact) mass is 999 g/mol.